The Morgan fingerprint density at radius 3 is 2.50 bits per heavy atom. The molecule has 0 spiro atoms. The van der Waals surface area contributed by atoms with Crippen molar-refractivity contribution in [3.8, 4) is 0 Å². The second kappa shape index (κ2) is 7.99. The zero-order valence-corrected chi connectivity index (χ0v) is 15.9. The van der Waals surface area contributed by atoms with Gasteiger partial charge in [0.2, 0.25) is 0 Å². The van der Waals surface area contributed by atoms with E-state index in [0.717, 1.165) is 44.2 Å². The van der Waals surface area contributed by atoms with Crippen molar-refractivity contribution >= 4 is 40.1 Å². The standard InChI is InChI=1S/C19H20N4OS2/c24-19(17-4-2-12-26-17)21-15-5-6-18(20-13-15)23-9-7-22(8-10-23)14-16-3-1-11-25-16/h1-6,11-13H,7-10,14H2,(H,21,24). The largest absolute Gasteiger partial charge is 0.354 e. The number of pyridine rings is 1. The molecule has 7 heteroatoms. The lowest BCUT2D eigenvalue weighted by molar-refractivity contribution is 0.103. The van der Waals surface area contributed by atoms with Crippen LogP contribution < -0.4 is 10.2 Å². The number of carbonyl (C=O) groups is 1. The van der Waals surface area contributed by atoms with Crippen molar-refractivity contribution < 1.29 is 4.79 Å². The molecule has 1 aliphatic rings. The Hall–Kier alpha value is -2.22. The van der Waals surface area contributed by atoms with Gasteiger partial charge in [-0.15, -0.1) is 22.7 Å². The summed E-state index contributed by atoms with van der Waals surface area (Å²) < 4.78 is 0. The fourth-order valence-electron chi connectivity index (χ4n) is 3.01. The van der Waals surface area contributed by atoms with Gasteiger partial charge < -0.3 is 10.2 Å². The highest BCUT2D eigenvalue weighted by atomic mass is 32.1. The average Bonchev–Trinajstić information content (AvgIpc) is 3.37. The van der Waals surface area contributed by atoms with Gasteiger partial charge in [-0.3, -0.25) is 9.69 Å². The van der Waals surface area contributed by atoms with Gasteiger partial charge in [-0.25, -0.2) is 4.98 Å². The normalized spacial score (nSPS) is 15.2. The van der Waals surface area contributed by atoms with Crippen LogP contribution >= 0.6 is 22.7 Å². The van der Waals surface area contributed by atoms with Crippen molar-refractivity contribution in [2.45, 2.75) is 6.54 Å². The van der Waals surface area contributed by atoms with E-state index >= 15 is 0 Å². The maximum absolute atomic E-state index is 12.1. The van der Waals surface area contributed by atoms with E-state index in [1.165, 1.54) is 16.2 Å². The first-order valence-corrected chi connectivity index (χ1v) is 10.3. The van der Waals surface area contributed by atoms with Crippen molar-refractivity contribution in [2.24, 2.45) is 0 Å². The van der Waals surface area contributed by atoms with Crippen LogP contribution in [0.4, 0.5) is 11.5 Å². The highest BCUT2D eigenvalue weighted by molar-refractivity contribution is 7.12. The summed E-state index contributed by atoms with van der Waals surface area (Å²) in [5, 5.41) is 6.92. The van der Waals surface area contributed by atoms with E-state index in [0.29, 0.717) is 4.88 Å². The van der Waals surface area contributed by atoms with E-state index in [9.17, 15) is 4.79 Å². The molecule has 3 aromatic rings. The van der Waals surface area contributed by atoms with Gasteiger partial charge in [0, 0.05) is 37.6 Å². The molecule has 0 bridgehead atoms. The summed E-state index contributed by atoms with van der Waals surface area (Å²) in [6.45, 7) is 5.05. The lowest BCUT2D eigenvalue weighted by Crippen LogP contribution is -2.46. The summed E-state index contributed by atoms with van der Waals surface area (Å²) in [7, 11) is 0. The molecule has 1 N–H and O–H groups in total. The number of amides is 1. The van der Waals surface area contributed by atoms with Crippen molar-refractivity contribution in [1.29, 1.82) is 0 Å². The number of carbonyl (C=O) groups excluding carboxylic acids is 1. The van der Waals surface area contributed by atoms with E-state index in [4.69, 9.17) is 0 Å². The van der Waals surface area contributed by atoms with Crippen LogP contribution in [-0.2, 0) is 6.54 Å². The lowest BCUT2D eigenvalue weighted by Gasteiger charge is -2.35. The molecule has 0 unspecified atom stereocenters. The van der Waals surface area contributed by atoms with Gasteiger partial charge in [-0.2, -0.15) is 0 Å². The van der Waals surface area contributed by atoms with Crippen LogP contribution in [0.25, 0.3) is 0 Å². The molecule has 1 fully saturated rings. The van der Waals surface area contributed by atoms with E-state index in [1.807, 2.05) is 41.0 Å². The molecule has 4 heterocycles. The molecule has 1 saturated heterocycles. The maximum atomic E-state index is 12.1. The van der Waals surface area contributed by atoms with Crippen LogP contribution in [0, 0.1) is 0 Å². The summed E-state index contributed by atoms with van der Waals surface area (Å²) in [6, 6.07) is 11.9. The molecule has 0 aromatic carbocycles. The topological polar surface area (TPSA) is 48.5 Å². The van der Waals surface area contributed by atoms with E-state index in [-0.39, 0.29) is 5.91 Å². The minimum absolute atomic E-state index is 0.0864. The van der Waals surface area contributed by atoms with Crippen molar-refractivity contribution in [3.05, 3.63) is 63.1 Å². The highest BCUT2D eigenvalue weighted by Gasteiger charge is 2.18. The van der Waals surface area contributed by atoms with Gasteiger partial charge in [0.25, 0.3) is 5.91 Å². The Morgan fingerprint density at radius 1 is 1.04 bits per heavy atom. The molecule has 0 atom stereocenters. The third-order valence-electron chi connectivity index (χ3n) is 4.41. The van der Waals surface area contributed by atoms with Gasteiger partial charge in [0.15, 0.2) is 0 Å². The predicted molar refractivity (Wildman–Crippen MR) is 108 cm³/mol. The molecular formula is C19H20N4OS2. The van der Waals surface area contributed by atoms with Gasteiger partial charge >= 0.3 is 0 Å². The third-order valence-corrected chi connectivity index (χ3v) is 6.14. The van der Waals surface area contributed by atoms with Crippen LogP contribution in [0.3, 0.4) is 0 Å². The van der Waals surface area contributed by atoms with E-state index in [2.05, 4.69) is 37.6 Å². The fourth-order valence-corrected chi connectivity index (χ4v) is 4.37. The number of thiophene rings is 2. The average molecular weight is 385 g/mol. The van der Waals surface area contributed by atoms with Crippen molar-refractivity contribution in [2.75, 3.05) is 36.4 Å². The quantitative estimate of drug-likeness (QED) is 0.727. The highest BCUT2D eigenvalue weighted by Crippen LogP contribution is 2.19. The molecule has 0 aliphatic carbocycles. The summed E-state index contributed by atoms with van der Waals surface area (Å²) in [5.74, 6) is 0.881. The number of anilines is 2. The van der Waals surface area contributed by atoms with Crippen molar-refractivity contribution in [3.63, 3.8) is 0 Å². The molecule has 3 aromatic heterocycles. The third kappa shape index (κ3) is 4.12. The lowest BCUT2D eigenvalue weighted by atomic mass is 10.3. The number of rotatable bonds is 5. The van der Waals surface area contributed by atoms with Gasteiger partial charge in [-0.05, 0) is 35.0 Å². The van der Waals surface area contributed by atoms with Crippen LogP contribution in [0.1, 0.15) is 14.5 Å². The van der Waals surface area contributed by atoms with Gasteiger partial charge in [0.1, 0.15) is 5.82 Å². The summed E-state index contributed by atoms with van der Waals surface area (Å²) in [5.41, 5.74) is 0.725. The number of aromatic nitrogens is 1. The van der Waals surface area contributed by atoms with Crippen LogP contribution in [-0.4, -0.2) is 42.0 Å². The number of hydrogen-bond donors (Lipinski definition) is 1. The predicted octanol–water partition coefficient (Wildman–Crippen LogP) is 3.78. The minimum atomic E-state index is -0.0864. The Balaban J connectivity index is 1.31. The Labute approximate surface area is 160 Å². The van der Waals surface area contributed by atoms with Crippen molar-refractivity contribution in [1.82, 2.24) is 9.88 Å². The van der Waals surface area contributed by atoms with E-state index < -0.39 is 0 Å². The van der Waals surface area contributed by atoms with Gasteiger partial charge in [0.05, 0.1) is 16.8 Å². The summed E-state index contributed by atoms with van der Waals surface area (Å²) in [4.78, 5) is 23.5. The van der Waals surface area contributed by atoms with Gasteiger partial charge in [-0.1, -0.05) is 12.1 Å². The zero-order chi connectivity index (χ0) is 17.8. The second-order valence-electron chi connectivity index (χ2n) is 6.18. The number of piperazine rings is 1. The summed E-state index contributed by atoms with van der Waals surface area (Å²) >= 11 is 3.25. The minimum Gasteiger partial charge on any atom is -0.354 e. The van der Waals surface area contributed by atoms with Crippen LogP contribution in [0.15, 0.2) is 53.4 Å². The van der Waals surface area contributed by atoms with Crippen LogP contribution in [0.2, 0.25) is 0 Å². The first-order valence-electron chi connectivity index (χ1n) is 8.58. The Bertz CT molecular complexity index is 823. The molecular weight excluding hydrogens is 364 g/mol. The first kappa shape index (κ1) is 17.2. The molecule has 4 rings (SSSR count). The molecule has 26 heavy (non-hydrogen) atoms. The monoisotopic (exact) mass is 384 g/mol. The molecule has 0 radical (unpaired) electrons. The Kier molecular flexibility index (Phi) is 5.29. The van der Waals surface area contributed by atoms with Crippen LogP contribution in [0.5, 0.6) is 0 Å². The number of nitrogens with zero attached hydrogens (tertiary/aromatic N) is 3. The molecule has 134 valence electrons. The molecule has 5 nitrogen and oxygen atoms in total. The molecule has 1 aliphatic heterocycles. The fraction of sp³-hybridized carbons (Fsp3) is 0.263. The smallest absolute Gasteiger partial charge is 0.265 e. The molecule has 1 amide bonds. The summed E-state index contributed by atoms with van der Waals surface area (Å²) in [6.07, 6.45) is 1.73. The number of hydrogen-bond acceptors (Lipinski definition) is 6. The van der Waals surface area contributed by atoms with E-state index in [1.54, 1.807) is 6.20 Å². The maximum Gasteiger partial charge on any atom is 0.265 e. The molecule has 0 saturated carbocycles. The SMILES string of the molecule is O=C(Nc1ccc(N2CCN(Cc3cccs3)CC2)nc1)c1cccs1. The zero-order valence-electron chi connectivity index (χ0n) is 14.3. The Morgan fingerprint density at radius 2 is 1.85 bits per heavy atom. The first-order chi connectivity index (χ1) is 12.8. The number of nitrogens with one attached hydrogen (secondary N) is 1. The second-order valence-corrected chi connectivity index (χ2v) is 8.16.